The van der Waals surface area contributed by atoms with Gasteiger partial charge >= 0.3 is 0 Å². The molecule has 25 heavy (non-hydrogen) atoms. The van der Waals surface area contributed by atoms with Crippen LogP contribution in [-0.2, 0) is 6.42 Å². The lowest BCUT2D eigenvalue weighted by Crippen LogP contribution is -2.19. The van der Waals surface area contributed by atoms with Gasteiger partial charge < -0.3 is 20.1 Å². The number of rotatable bonds is 7. The van der Waals surface area contributed by atoms with Gasteiger partial charge in [-0.25, -0.2) is 0 Å². The third-order valence-electron chi connectivity index (χ3n) is 4.01. The number of unbranched alkanes of at least 4 members (excludes halogenated alkanes) is 1. The summed E-state index contributed by atoms with van der Waals surface area (Å²) in [7, 11) is 3.24. The molecule has 4 nitrogen and oxygen atoms in total. The lowest BCUT2D eigenvalue weighted by atomic mass is 10.1. The quantitative estimate of drug-likeness (QED) is 0.669. The van der Waals surface area contributed by atoms with E-state index in [2.05, 4.69) is 41.8 Å². The fraction of sp³-hybridized carbons (Fsp3) is 0.350. The summed E-state index contributed by atoms with van der Waals surface area (Å²) in [6.45, 7) is 4.20. The number of hydrogen-bond acceptors (Lipinski definition) is 3. The Labute approximate surface area is 155 Å². The molecule has 134 valence electrons. The van der Waals surface area contributed by atoms with Crippen LogP contribution in [0.3, 0.4) is 0 Å². The van der Waals surface area contributed by atoms with Crippen LogP contribution >= 0.6 is 12.2 Å². The van der Waals surface area contributed by atoms with E-state index < -0.39 is 0 Å². The van der Waals surface area contributed by atoms with Crippen LogP contribution in [0.4, 0.5) is 11.4 Å². The Morgan fingerprint density at radius 3 is 2.24 bits per heavy atom. The van der Waals surface area contributed by atoms with Gasteiger partial charge in [0.05, 0.1) is 14.2 Å². The van der Waals surface area contributed by atoms with Crippen molar-refractivity contribution < 1.29 is 9.47 Å². The minimum absolute atomic E-state index is 0.539. The van der Waals surface area contributed by atoms with Gasteiger partial charge in [-0.2, -0.15) is 0 Å². The van der Waals surface area contributed by atoms with Crippen LogP contribution < -0.4 is 20.1 Å². The topological polar surface area (TPSA) is 42.5 Å². The zero-order valence-electron chi connectivity index (χ0n) is 15.3. The largest absolute Gasteiger partial charge is 0.493 e. The van der Waals surface area contributed by atoms with Crippen LogP contribution in [0.5, 0.6) is 11.5 Å². The van der Waals surface area contributed by atoms with Crippen LogP contribution in [0, 0.1) is 6.92 Å². The Bertz CT molecular complexity index is 714. The first kappa shape index (κ1) is 19.1. The highest BCUT2D eigenvalue weighted by Crippen LogP contribution is 2.32. The molecule has 0 aliphatic carbocycles. The van der Waals surface area contributed by atoms with Crippen molar-refractivity contribution in [3.63, 3.8) is 0 Å². The standard InChI is InChI=1S/C20H26N2O2S/c1-5-6-7-15-8-10-16(11-9-15)21-20(25)22-17-13-19(24-4)18(23-3)12-14(17)2/h8-13H,5-7H2,1-4H3,(H2,21,22,25). The van der Waals surface area contributed by atoms with E-state index in [1.54, 1.807) is 14.2 Å². The van der Waals surface area contributed by atoms with Crippen molar-refractivity contribution in [3.8, 4) is 11.5 Å². The molecule has 0 unspecified atom stereocenters. The molecule has 0 fully saturated rings. The summed E-state index contributed by atoms with van der Waals surface area (Å²) in [6, 6.07) is 12.2. The maximum Gasteiger partial charge on any atom is 0.175 e. The number of methoxy groups -OCH3 is 2. The van der Waals surface area contributed by atoms with Gasteiger partial charge in [0, 0.05) is 17.4 Å². The number of benzene rings is 2. The summed E-state index contributed by atoms with van der Waals surface area (Å²) in [5.41, 5.74) is 4.23. The summed E-state index contributed by atoms with van der Waals surface area (Å²) in [4.78, 5) is 0. The van der Waals surface area contributed by atoms with E-state index in [4.69, 9.17) is 21.7 Å². The third kappa shape index (κ3) is 5.36. The zero-order chi connectivity index (χ0) is 18.2. The van der Waals surface area contributed by atoms with E-state index in [9.17, 15) is 0 Å². The van der Waals surface area contributed by atoms with Crippen molar-refractivity contribution >= 4 is 28.7 Å². The Kier molecular flexibility index (Phi) is 7.07. The Hall–Kier alpha value is -2.27. The molecule has 5 heteroatoms. The van der Waals surface area contributed by atoms with Crippen LogP contribution in [0.25, 0.3) is 0 Å². The minimum Gasteiger partial charge on any atom is -0.493 e. The van der Waals surface area contributed by atoms with Gasteiger partial charge in [0.15, 0.2) is 16.6 Å². The van der Waals surface area contributed by atoms with Crippen LogP contribution in [0.1, 0.15) is 30.9 Å². The van der Waals surface area contributed by atoms with E-state index in [0.717, 1.165) is 23.4 Å². The van der Waals surface area contributed by atoms with Crippen LogP contribution in [0.15, 0.2) is 36.4 Å². The molecule has 0 spiro atoms. The molecular weight excluding hydrogens is 332 g/mol. The highest BCUT2D eigenvalue weighted by Gasteiger charge is 2.09. The molecule has 0 radical (unpaired) electrons. The lowest BCUT2D eigenvalue weighted by molar-refractivity contribution is 0.355. The first-order chi connectivity index (χ1) is 12.1. The molecule has 0 aliphatic heterocycles. The van der Waals surface area contributed by atoms with Crippen molar-refractivity contribution in [1.82, 2.24) is 0 Å². The number of nitrogens with one attached hydrogen (secondary N) is 2. The minimum atomic E-state index is 0.539. The summed E-state index contributed by atoms with van der Waals surface area (Å²) in [5, 5.41) is 6.97. The van der Waals surface area contributed by atoms with E-state index in [0.29, 0.717) is 16.6 Å². The highest BCUT2D eigenvalue weighted by atomic mass is 32.1. The summed E-state index contributed by atoms with van der Waals surface area (Å²) in [6.07, 6.45) is 3.54. The molecule has 0 heterocycles. The number of anilines is 2. The van der Waals surface area contributed by atoms with Crippen molar-refractivity contribution in [2.75, 3.05) is 24.9 Å². The van der Waals surface area contributed by atoms with Gasteiger partial charge in [-0.3, -0.25) is 0 Å². The smallest absolute Gasteiger partial charge is 0.175 e. The summed E-state index contributed by atoms with van der Waals surface area (Å²) >= 11 is 5.43. The first-order valence-electron chi connectivity index (χ1n) is 8.47. The molecule has 0 atom stereocenters. The Morgan fingerprint density at radius 2 is 1.64 bits per heavy atom. The van der Waals surface area contributed by atoms with Crippen molar-refractivity contribution in [3.05, 3.63) is 47.5 Å². The van der Waals surface area contributed by atoms with Gasteiger partial charge in [0.25, 0.3) is 0 Å². The zero-order valence-corrected chi connectivity index (χ0v) is 16.1. The molecule has 0 saturated heterocycles. The second-order valence-electron chi connectivity index (χ2n) is 5.90. The molecule has 0 saturated carbocycles. The summed E-state index contributed by atoms with van der Waals surface area (Å²) in [5.74, 6) is 1.37. The Morgan fingerprint density at radius 1 is 1.00 bits per heavy atom. The summed E-state index contributed by atoms with van der Waals surface area (Å²) < 4.78 is 10.7. The molecule has 0 aromatic heterocycles. The van der Waals surface area contributed by atoms with Crippen molar-refractivity contribution in [2.45, 2.75) is 33.1 Å². The molecule has 0 amide bonds. The van der Waals surface area contributed by atoms with Gasteiger partial charge in [-0.15, -0.1) is 0 Å². The number of aryl methyl sites for hydroxylation is 2. The molecule has 0 aliphatic rings. The molecule has 2 N–H and O–H groups in total. The predicted octanol–water partition coefficient (Wildman–Crippen LogP) is 5.16. The van der Waals surface area contributed by atoms with Gasteiger partial charge in [0.2, 0.25) is 0 Å². The van der Waals surface area contributed by atoms with E-state index in [1.807, 2.05) is 19.1 Å². The average molecular weight is 359 g/mol. The van der Waals surface area contributed by atoms with Crippen LogP contribution in [0.2, 0.25) is 0 Å². The lowest BCUT2D eigenvalue weighted by Gasteiger charge is -2.16. The monoisotopic (exact) mass is 358 g/mol. The number of thiocarbonyl (C=S) groups is 1. The maximum atomic E-state index is 5.43. The fourth-order valence-electron chi connectivity index (χ4n) is 2.54. The Balaban J connectivity index is 2.02. The van der Waals surface area contributed by atoms with E-state index in [-0.39, 0.29) is 0 Å². The highest BCUT2D eigenvalue weighted by molar-refractivity contribution is 7.80. The first-order valence-corrected chi connectivity index (χ1v) is 8.87. The predicted molar refractivity (Wildman–Crippen MR) is 109 cm³/mol. The molecule has 0 bridgehead atoms. The van der Waals surface area contributed by atoms with Crippen molar-refractivity contribution in [1.29, 1.82) is 0 Å². The maximum absolute atomic E-state index is 5.43. The van der Waals surface area contributed by atoms with E-state index >= 15 is 0 Å². The van der Waals surface area contributed by atoms with Gasteiger partial charge in [-0.1, -0.05) is 25.5 Å². The fourth-order valence-corrected chi connectivity index (χ4v) is 2.76. The van der Waals surface area contributed by atoms with E-state index in [1.165, 1.54) is 18.4 Å². The number of ether oxygens (including phenoxy) is 2. The molecule has 2 rings (SSSR count). The second-order valence-corrected chi connectivity index (χ2v) is 6.31. The molecular formula is C20H26N2O2S. The SMILES string of the molecule is CCCCc1ccc(NC(=S)Nc2cc(OC)c(OC)cc2C)cc1. The average Bonchev–Trinajstić information content (AvgIpc) is 2.62. The normalized spacial score (nSPS) is 10.2. The van der Waals surface area contributed by atoms with Gasteiger partial charge in [0.1, 0.15) is 0 Å². The van der Waals surface area contributed by atoms with Gasteiger partial charge in [-0.05, 0) is 61.3 Å². The second kappa shape index (κ2) is 9.28. The van der Waals surface area contributed by atoms with Crippen LogP contribution in [-0.4, -0.2) is 19.3 Å². The van der Waals surface area contributed by atoms with Crippen molar-refractivity contribution in [2.24, 2.45) is 0 Å². The molecule has 2 aromatic rings. The number of hydrogen-bond donors (Lipinski definition) is 2. The third-order valence-corrected chi connectivity index (χ3v) is 4.21. The molecule has 2 aromatic carbocycles.